The topological polar surface area (TPSA) is 104 Å². The van der Waals surface area contributed by atoms with Gasteiger partial charge in [-0.05, 0) is 102 Å². The summed E-state index contributed by atoms with van der Waals surface area (Å²) < 4.78 is 15.7. The number of hydrogen-bond donors (Lipinski definition) is 0. The van der Waals surface area contributed by atoms with Crippen molar-refractivity contribution in [2.24, 2.45) is 13.0 Å². The lowest BCUT2D eigenvalue weighted by Crippen LogP contribution is -2.47. The van der Waals surface area contributed by atoms with Gasteiger partial charge in [0.15, 0.2) is 5.82 Å². The molecule has 0 radical (unpaired) electrons. The van der Waals surface area contributed by atoms with Crippen LogP contribution in [0.3, 0.4) is 0 Å². The average molecular weight is 699 g/mol. The number of amides is 2. The molecule has 2 aromatic heterocycles. The summed E-state index contributed by atoms with van der Waals surface area (Å²) in [4.78, 5) is 35.0. The van der Waals surface area contributed by atoms with Crippen molar-refractivity contribution >= 4 is 23.5 Å². The molecule has 0 spiro atoms. The van der Waals surface area contributed by atoms with E-state index in [-0.39, 0.29) is 36.3 Å². The zero-order valence-corrected chi connectivity index (χ0v) is 31.2. The fraction of sp³-hybridized carbons (Fsp3) is 0.641. The number of hydrogen-bond acceptors (Lipinski definition) is 8. The largest absolute Gasteiger partial charge is 0.444 e. The number of aryl methyl sites for hydroxylation is 3. The second kappa shape index (κ2) is 13.3. The Morgan fingerprint density at radius 2 is 1.69 bits per heavy atom. The number of nitrogens with zero attached hydrogens (tertiary/aromatic N) is 8. The van der Waals surface area contributed by atoms with Gasteiger partial charge < -0.3 is 24.2 Å². The monoisotopic (exact) mass is 698 g/mol. The first-order valence-electron chi connectivity index (χ1n) is 19.1. The first kappa shape index (κ1) is 34.2. The standard InChI is InChI=1S/C39H54N8O4/c1-25-20-34-28(21-31(25)29-22-40-42(6)23-29)8-7-14-46(34)35-32-24-45(37-26(2)50-37)19-13-33(32)47(41-35)30-11-17-43(18-12-30)36(48)27-9-15-44(16-10-27)38(49)51-39(3,4)5/h20-23,26-27,30,37H,7-19,24H2,1-6H3. The Labute approximate surface area is 301 Å². The molecular weight excluding hydrogens is 644 g/mol. The van der Waals surface area contributed by atoms with E-state index in [0.29, 0.717) is 25.9 Å². The van der Waals surface area contributed by atoms with Crippen molar-refractivity contribution in [3.63, 3.8) is 0 Å². The third kappa shape index (κ3) is 6.77. The third-order valence-electron chi connectivity index (χ3n) is 11.6. The lowest BCUT2D eigenvalue weighted by molar-refractivity contribution is -0.138. The molecule has 2 atom stereocenters. The number of carbonyl (C=O) groups excluding carboxylic acids is 2. The molecular formula is C39H54N8O4. The van der Waals surface area contributed by atoms with Gasteiger partial charge in [-0.2, -0.15) is 10.2 Å². The second-order valence-corrected chi connectivity index (χ2v) is 16.4. The Kier molecular flexibility index (Phi) is 8.89. The highest BCUT2D eigenvalue weighted by molar-refractivity contribution is 5.80. The summed E-state index contributed by atoms with van der Waals surface area (Å²) in [6.07, 6.45) is 10.5. The minimum atomic E-state index is -0.520. The Morgan fingerprint density at radius 3 is 2.35 bits per heavy atom. The number of rotatable bonds is 5. The molecule has 2 amide bonds. The Morgan fingerprint density at radius 1 is 0.961 bits per heavy atom. The van der Waals surface area contributed by atoms with Gasteiger partial charge in [-0.1, -0.05) is 0 Å². The van der Waals surface area contributed by atoms with E-state index in [1.807, 2.05) is 38.7 Å². The zero-order valence-electron chi connectivity index (χ0n) is 31.2. The average Bonchev–Trinajstić information content (AvgIpc) is 3.50. The predicted molar refractivity (Wildman–Crippen MR) is 195 cm³/mol. The summed E-state index contributed by atoms with van der Waals surface area (Å²) in [7, 11) is 1.97. The number of benzene rings is 1. The summed E-state index contributed by atoms with van der Waals surface area (Å²) in [5, 5.41) is 9.94. The number of likely N-dealkylation sites (tertiary alicyclic amines) is 2. The van der Waals surface area contributed by atoms with Crippen molar-refractivity contribution in [3.05, 3.63) is 46.9 Å². The summed E-state index contributed by atoms with van der Waals surface area (Å²) in [6, 6.07) is 4.99. The molecule has 5 aliphatic heterocycles. The van der Waals surface area contributed by atoms with Gasteiger partial charge >= 0.3 is 6.09 Å². The van der Waals surface area contributed by atoms with Crippen molar-refractivity contribution in [1.82, 2.24) is 34.3 Å². The molecule has 0 N–H and O–H groups in total. The molecule has 8 rings (SSSR count). The van der Waals surface area contributed by atoms with E-state index in [9.17, 15) is 9.59 Å². The molecule has 5 aliphatic rings. The van der Waals surface area contributed by atoms with E-state index >= 15 is 0 Å². The van der Waals surface area contributed by atoms with Gasteiger partial charge in [0, 0.05) is 93.9 Å². The minimum absolute atomic E-state index is 0.0383. The molecule has 3 fully saturated rings. The van der Waals surface area contributed by atoms with Crippen LogP contribution >= 0.6 is 0 Å². The van der Waals surface area contributed by atoms with E-state index in [1.165, 1.54) is 33.6 Å². The van der Waals surface area contributed by atoms with Gasteiger partial charge in [-0.25, -0.2) is 4.79 Å². The maximum atomic E-state index is 13.7. The SMILES string of the molecule is Cc1cc2c(cc1-c1cnn(C)c1)CCCN2c1nn(C2CCN(C(=O)C3CCN(C(=O)OC(C)(C)C)CC3)CC2)c2c1CN(C1OC1C)CC2. The van der Waals surface area contributed by atoms with E-state index < -0.39 is 5.60 Å². The number of anilines is 2. The Balaban J connectivity index is 1.00. The summed E-state index contributed by atoms with van der Waals surface area (Å²) in [6.45, 7) is 15.4. The third-order valence-corrected chi connectivity index (χ3v) is 11.6. The number of epoxide rings is 1. The van der Waals surface area contributed by atoms with Crippen LogP contribution in [0.15, 0.2) is 24.5 Å². The first-order chi connectivity index (χ1) is 24.4. The van der Waals surface area contributed by atoms with Crippen molar-refractivity contribution in [2.45, 2.75) is 110 Å². The molecule has 1 aromatic carbocycles. The number of fused-ring (bicyclic) bond motifs is 2. The highest BCUT2D eigenvalue weighted by atomic mass is 16.6. The van der Waals surface area contributed by atoms with Gasteiger partial charge in [0.05, 0.1) is 18.3 Å². The molecule has 3 saturated heterocycles. The lowest BCUT2D eigenvalue weighted by atomic mass is 9.93. The highest BCUT2D eigenvalue weighted by Gasteiger charge is 2.43. The number of piperidine rings is 2. The lowest BCUT2D eigenvalue weighted by Gasteiger charge is -2.38. The first-order valence-corrected chi connectivity index (χ1v) is 19.1. The van der Waals surface area contributed by atoms with Crippen LogP contribution in [0.2, 0.25) is 0 Å². The molecule has 7 heterocycles. The molecule has 12 heteroatoms. The molecule has 0 aliphatic carbocycles. The van der Waals surface area contributed by atoms with Gasteiger partial charge in [-0.3, -0.25) is 19.1 Å². The van der Waals surface area contributed by atoms with Crippen molar-refractivity contribution in [1.29, 1.82) is 0 Å². The van der Waals surface area contributed by atoms with Crippen LogP contribution in [0.1, 0.15) is 88.2 Å². The second-order valence-electron chi connectivity index (χ2n) is 16.4. The van der Waals surface area contributed by atoms with Crippen LogP contribution in [-0.4, -0.2) is 103 Å². The van der Waals surface area contributed by atoms with Gasteiger partial charge in [0.2, 0.25) is 5.91 Å². The van der Waals surface area contributed by atoms with Crippen LogP contribution in [0.5, 0.6) is 0 Å². The minimum Gasteiger partial charge on any atom is -0.444 e. The van der Waals surface area contributed by atoms with Gasteiger partial charge in [-0.15, -0.1) is 0 Å². The molecule has 0 saturated carbocycles. The number of ether oxygens (including phenoxy) is 2. The van der Waals surface area contributed by atoms with Gasteiger partial charge in [0.25, 0.3) is 0 Å². The summed E-state index contributed by atoms with van der Waals surface area (Å²) in [5.41, 5.74) is 8.45. The van der Waals surface area contributed by atoms with Crippen LogP contribution < -0.4 is 4.90 Å². The van der Waals surface area contributed by atoms with E-state index in [2.05, 4.69) is 56.7 Å². The van der Waals surface area contributed by atoms with E-state index in [4.69, 9.17) is 14.6 Å². The molecule has 51 heavy (non-hydrogen) atoms. The van der Waals surface area contributed by atoms with Crippen LogP contribution in [0, 0.1) is 12.8 Å². The maximum absolute atomic E-state index is 13.7. The van der Waals surface area contributed by atoms with E-state index in [1.54, 1.807) is 4.90 Å². The van der Waals surface area contributed by atoms with Crippen molar-refractivity contribution in [2.75, 3.05) is 44.2 Å². The number of aromatic nitrogens is 4. The normalized spacial score (nSPS) is 23.3. The van der Waals surface area contributed by atoms with Crippen LogP contribution in [0.4, 0.5) is 16.3 Å². The van der Waals surface area contributed by atoms with E-state index in [0.717, 1.165) is 76.2 Å². The fourth-order valence-corrected chi connectivity index (χ4v) is 8.80. The Bertz CT molecular complexity index is 1790. The van der Waals surface area contributed by atoms with Crippen LogP contribution in [-0.2, 0) is 40.7 Å². The molecule has 12 nitrogen and oxygen atoms in total. The summed E-state index contributed by atoms with van der Waals surface area (Å²) >= 11 is 0. The zero-order chi connectivity index (χ0) is 35.6. The fourth-order valence-electron chi connectivity index (χ4n) is 8.80. The Hall–Kier alpha value is -3.90. The maximum Gasteiger partial charge on any atom is 0.410 e. The quantitative estimate of drug-likeness (QED) is 0.318. The number of carbonyl (C=O) groups is 2. The predicted octanol–water partition coefficient (Wildman–Crippen LogP) is 5.59. The van der Waals surface area contributed by atoms with Crippen molar-refractivity contribution in [3.8, 4) is 11.1 Å². The molecule has 2 unspecified atom stereocenters. The molecule has 0 bridgehead atoms. The molecule has 274 valence electrons. The van der Waals surface area contributed by atoms with Crippen LogP contribution in [0.25, 0.3) is 11.1 Å². The highest BCUT2D eigenvalue weighted by Crippen LogP contribution is 2.43. The van der Waals surface area contributed by atoms with Gasteiger partial charge in [0.1, 0.15) is 11.8 Å². The smallest absolute Gasteiger partial charge is 0.410 e. The molecule has 3 aromatic rings. The van der Waals surface area contributed by atoms with Crippen molar-refractivity contribution < 1.29 is 19.1 Å². The summed E-state index contributed by atoms with van der Waals surface area (Å²) in [5.74, 6) is 1.29.